The third kappa shape index (κ3) is 10.0. The van der Waals surface area contributed by atoms with Crippen LogP contribution in [0.25, 0.3) is 0 Å². The Morgan fingerprint density at radius 1 is 1.22 bits per heavy atom. The zero-order valence-electron chi connectivity index (χ0n) is 10.8. The van der Waals surface area contributed by atoms with Gasteiger partial charge in [-0.3, -0.25) is 4.79 Å². The van der Waals surface area contributed by atoms with E-state index in [1.54, 1.807) is 0 Å². The molecule has 1 amide bonds. The summed E-state index contributed by atoms with van der Waals surface area (Å²) in [7, 11) is -1.59. The molecule has 0 aromatic heterocycles. The zero-order chi connectivity index (χ0) is 13.8. The van der Waals surface area contributed by atoms with E-state index >= 15 is 0 Å². The molecule has 0 aliphatic carbocycles. The molecule has 2 N–H and O–H groups in total. The third-order valence-corrected chi connectivity index (χ3v) is 4.29. The first-order valence-corrected chi connectivity index (χ1v) is 7.78. The summed E-state index contributed by atoms with van der Waals surface area (Å²) in [6.45, 7) is 5.64. The number of carboxylic acids is 1. The summed E-state index contributed by atoms with van der Waals surface area (Å²) >= 11 is 0. The maximum absolute atomic E-state index is 11.1. The fraction of sp³-hybridized carbons (Fsp3) is 0.636. The molecule has 104 valence electrons. The van der Waals surface area contributed by atoms with Crippen molar-refractivity contribution in [1.29, 1.82) is 0 Å². The first-order chi connectivity index (χ1) is 8.60. The molecule has 0 atom stereocenters. The molecule has 0 saturated heterocycles. The summed E-state index contributed by atoms with van der Waals surface area (Å²) in [5.41, 5.74) is 0. The number of aliphatic carboxylic acids is 1. The molecule has 0 heterocycles. The van der Waals surface area contributed by atoms with Crippen LogP contribution >= 0.6 is 0 Å². The Labute approximate surface area is 109 Å². The zero-order valence-corrected chi connectivity index (χ0v) is 12.0. The molecule has 0 saturated carbocycles. The van der Waals surface area contributed by atoms with Gasteiger partial charge in [0.2, 0.25) is 5.91 Å². The molecule has 0 aromatic carbocycles. The second-order valence-electron chi connectivity index (χ2n) is 3.45. The minimum atomic E-state index is -1.59. The Morgan fingerprint density at radius 2 is 1.83 bits per heavy atom. The second-order valence-corrected chi connectivity index (χ2v) is 5.55. The van der Waals surface area contributed by atoms with Crippen LogP contribution in [0.1, 0.15) is 20.3 Å². The van der Waals surface area contributed by atoms with Gasteiger partial charge in [-0.2, -0.15) is 0 Å². The average molecular weight is 275 g/mol. The highest BCUT2D eigenvalue weighted by molar-refractivity contribution is 6.44. The van der Waals surface area contributed by atoms with Gasteiger partial charge >= 0.3 is 15.3 Å². The molecule has 0 spiro atoms. The van der Waals surface area contributed by atoms with E-state index in [-0.39, 0.29) is 0 Å². The molecule has 0 aromatic rings. The lowest BCUT2D eigenvalue weighted by atomic mass is 10.4. The quantitative estimate of drug-likeness (QED) is 0.343. The van der Waals surface area contributed by atoms with Crippen molar-refractivity contribution in [3.8, 4) is 0 Å². The number of nitrogens with one attached hydrogen (secondary N) is 1. The number of carbonyl (C=O) groups excluding carboxylic acids is 1. The monoisotopic (exact) mass is 275 g/mol. The summed E-state index contributed by atoms with van der Waals surface area (Å²) in [6.07, 6.45) is 2.58. The molecule has 0 aliphatic rings. The van der Waals surface area contributed by atoms with Gasteiger partial charge in [-0.15, -0.1) is 0 Å². The molecule has 0 radical (unpaired) electrons. The van der Waals surface area contributed by atoms with Gasteiger partial charge in [-0.25, -0.2) is 4.79 Å². The maximum atomic E-state index is 11.1. The van der Waals surface area contributed by atoms with Crippen molar-refractivity contribution in [2.24, 2.45) is 0 Å². The van der Waals surface area contributed by atoms with E-state index in [0.717, 1.165) is 24.6 Å². The average Bonchev–Trinajstić information content (AvgIpc) is 2.32. The first kappa shape index (κ1) is 16.8. The number of rotatable bonds is 10. The molecule has 0 unspecified atom stereocenters. The predicted octanol–water partition coefficient (Wildman–Crippen LogP) is 0.427. The summed E-state index contributed by atoms with van der Waals surface area (Å²) in [6, 6.07) is 0.824. The van der Waals surface area contributed by atoms with Gasteiger partial charge in [0.05, 0.1) is 0 Å². The van der Waals surface area contributed by atoms with Crippen LogP contribution in [0.2, 0.25) is 6.04 Å². The first-order valence-electron chi connectivity index (χ1n) is 6.02. The van der Waals surface area contributed by atoms with Gasteiger partial charge in [0.25, 0.3) is 0 Å². The highest BCUT2D eigenvalue weighted by Crippen LogP contribution is 2.00. The Morgan fingerprint density at radius 3 is 2.33 bits per heavy atom. The van der Waals surface area contributed by atoms with Gasteiger partial charge in [0.15, 0.2) is 0 Å². The number of hydrogen-bond donors (Lipinski definition) is 2. The highest BCUT2D eigenvalue weighted by Gasteiger charge is 2.11. The lowest BCUT2D eigenvalue weighted by molar-refractivity contribution is -0.131. The van der Waals surface area contributed by atoms with E-state index in [1.807, 2.05) is 13.8 Å². The van der Waals surface area contributed by atoms with E-state index in [9.17, 15) is 9.59 Å². The summed E-state index contributed by atoms with van der Waals surface area (Å²) < 4.78 is 11.0. The molecular weight excluding hydrogens is 254 g/mol. The molecule has 0 rings (SSSR count). The smallest absolute Gasteiger partial charge is 0.328 e. The summed E-state index contributed by atoms with van der Waals surface area (Å²) in [4.78, 5) is 21.3. The Balaban J connectivity index is 3.70. The van der Waals surface area contributed by atoms with Crippen molar-refractivity contribution in [3.63, 3.8) is 0 Å². The van der Waals surface area contributed by atoms with Crippen molar-refractivity contribution in [3.05, 3.63) is 12.2 Å². The maximum Gasteiger partial charge on any atom is 0.328 e. The van der Waals surface area contributed by atoms with Crippen molar-refractivity contribution in [2.45, 2.75) is 26.3 Å². The summed E-state index contributed by atoms with van der Waals surface area (Å²) in [5, 5.41) is 10.9. The Hall–Kier alpha value is -1.18. The van der Waals surface area contributed by atoms with Crippen LogP contribution in [-0.4, -0.2) is 46.0 Å². The topological polar surface area (TPSA) is 84.9 Å². The molecular formula is C11H21NO5Si. The molecule has 0 bridgehead atoms. The SMILES string of the molecule is CCO[SiH](CCCNC(=O)/C=C/C(=O)O)OCC. The number of carboxylic acid groups (broad SMARTS) is 1. The number of amides is 1. The molecule has 0 fully saturated rings. The second kappa shape index (κ2) is 10.9. The minimum Gasteiger partial charge on any atom is -0.478 e. The minimum absolute atomic E-state index is 0.400. The van der Waals surface area contributed by atoms with Crippen LogP contribution in [0, 0.1) is 0 Å². The summed E-state index contributed by atoms with van der Waals surface area (Å²) in [5.74, 6) is -1.53. The van der Waals surface area contributed by atoms with Gasteiger partial charge in [0, 0.05) is 31.9 Å². The van der Waals surface area contributed by atoms with Crippen LogP contribution in [0.4, 0.5) is 0 Å². The fourth-order valence-corrected chi connectivity index (χ4v) is 2.98. The molecule has 7 heteroatoms. The highest BCUT2D eigenvalue weighted by atomic mass is 28.3. The third-order valence-electron chi connectivity index (χ3n) is 2.00. The van der Waals surface area contributed by atoms with Crippen molar-refractivity contribution in [2.75, 3.05) is 19.8 Å². The van der Waals surface area contributed by atoms with Crippen LogP contribution < -0.4 is 5.32 Å². The predicted molar refractivity (Wildman–Crippen MR) is 69.6 cm³/mol. The molecule has 6 nitrogen and oxygen atoms in total. The normalized spacial score (nSPS) is 11.1. The van der Waals surface area contributed by atoms with E-state index in [1.165, 1.54) is 0 Å². The fourth-order valence-electron chi connectivity index (χ4n) is 1.27. The number of carbonyl (C=O) groups is 2. The van der Waals surface area contributed by atoms with Crippen molar-refractivity contribution >= 4 is 21.2 Å². The molecule has 0 aliphatic heterocycles. The lowest BCUT2D eigenvalue weighted by Gasteiger charge is -2.14. The lowest BCUT2D eigenvalue weighted by Crippen LogP contribution is -2.27. The van der Waals surface area contributed by atoms with Crippen LogP contribution in [0.3, 0.4) is 0 Å². The van der Waals surface area contributed by atoms with E-state index in [4.69, 9.17) is 14.0 Å². The standard InChI is InChI=1S/C11H21NO5Si/c1-3-16-18(17-4-2)9-5-8-12-10(13)6-7-11(14)15/h6-7,18H,3-5,8-9H2,1-2H3,(H,12,13)(H,14,15)/b7-6+. The van der Waals surface area contributed by atoms with Gasteiger partial charge < -0.3 is 19.3 Å². The van der Waals surface area contributed by atoms with Crippen LogP contribution in [-0.2, 0) is 18.4 Å². The Bertz CT molecular complexity index is 277. The molecule has 18 heavy (non-hydrogen) atoms. The largest absolute Gasteiger partial charge is 0.478 e. The van der Waals surface area contributed by atoms with Crippen molar-refractivity contribution < 1.29 is 23.5 Å². The van der Waals surface area contributed by atoms with Crippen LogP contribution in [0.15, 0.2) is 12.2 Å². The van der Waals surface area contributed by atoms with Crippen LogP contribution in [0.5, 0.6) is 0 Å². The van der Waals surface area contributed by atoms with E-state index in [0.29, 0.717) is 19.8 Å². The number of hydrogen-bond acceptors (Lipinski definition) is 4. The van der Waals surface area contributed by atoms with Gasteiger partial charge in [0.1, 0.15) is 0 Å². The van der Waals surface area contributed by atoms with Gasteiger partial charge in [-0.05, 0) is 26.3 Å². The van der Waals surface area contributed by atoms with Gasteiger partial charge in [-0.1, -0.05) is 0 Å². The Kier molecular flexibility index (Phi) is 10.2. The van der Waals surface area contributed by atoms with E-state index in [2.05, 4.69) is 5.32 Å². The van der Waals surface area contributed by atoms with E-state index < -0.39 is 21.2 Å². The van der Waals surface area contributed by atoms with Crippen molar-refractivity contribution in [1.82, 2.24) is 5.32 Å².